The van der Waals surface area contributed by atoms with Gasteiger partial charge in [-0.1, -0.05) is 6.07 Å². The number of carbonyl (C=O) groups excluding carboxylic acids is 2. The molecule has 0 saturated carbocycles. The maximum absolute atomic E-state index is 12.9. The number of benzene rings is 2. The number of amides is 1. The van der Waals surface area contributed by atoms with E-state index in [-0.39, 0.29) is 17.2 Å². The largest absolute Gasteiger partial charge is 0.497 e. The zero-order chi connectivity index (χ0) is 22.4. The van der Waals surface area contributed by atoms with E-state index < -0.39 is 0 Å². The third kappa shape index (κ3) is 6.11. The highest BCUT2D eigenvalue weighted by molar-refractivity contribution is 6.17. The highest BCUT2D eigenvalue weighted by Gasteiger charge is 2.28. The van der Waals surface area contributed by atoms with E-state index in [1.54, 1.807) is 37.5 Å². The van der Waals surface area contributed by atoms with Crippen LogP contribution in [0.25, 0.3) is 5.70 Å². The van der Waals surface area contributed by atoms with Crippen LogP contribution >= 0.6 is 11.6 Å². The number of ketones is 1. The van der Waals surface area contributed by atoms with E-state index in [0.29, 0.717) is 23.6 Å². The fraction of sp³-hybridized carbons (Fsp3) is 0.360. The van der Waals surface area contributed by atoms with E-state index in [4.69, 9.17) is 16.3 Å². The molecule has 2 aromatic carbocycles. The Morgan fingerprint density at radius 3 is 2.58 bits per heavy atom. The number of halogens is 1. The van der Waals surface area contributed by atoms with Crippen molar-refractivity contribution in [1.82, 2.24) is 5.32 Å². The molecule has 31 heavy (non-hydrogen) atoms. The number of fused-ring (bicyclic) bond motifs is 1. The SMILES string of the molecule is COc1ccc2c(c1)/C(=C/C(=O)c1ccc(NC(=O)CCCCCl)cc1)NC(C)(C)C2. The number of unbranched alkanes of at least 4 members (excludes halogenated alkanes) is 1. The summed E-state index contributed by atoms with van der Waals surface area (Å²) in [5.41, 5.74) is 4.01. The second kappa shape index (κ2) is 10.0. The summed E-state index contributed by atoms with van der Waals surface area (Å²) in [6.45, 7) is 4.23. The number of rotatable bonds is 8. The summed E-state index contributed by atoms with van der Waals surface area (Å²) in [6.07, 6.45) is 4.51. The molecule has 3 rings (SSSR count). The zero-order valence-corrected chi connectivity index (χ0v) is 19.0. The number of anilines is 1. The van der Waals surface area contributed by atoms with E-state index in [0.717, 1.165) is 36.3 Å². The van der Waals surface area contributed by atoms with Crippen LogP contribution in [0.4, 0.5) is 5.69 Å². The van der Waals surface area contributed by atoms with Crippen molar-refractivity contribution in [1.29, 1.82) is 0 Å². The van der Waals surface area contributed by atoms with Crippen LogP contribution < -0.4 is 15.4 Å². The van der Waals surface area contributed by atoms with Crippen LogP contribution in [-0.4, -0.2) is 30.2 Å². The van der Waals surface area contributed by atoms with Gasteiger partial charge in [-0.2, -0.15) is 0 Å². The summed E-state index contributed by atoms with van der Waals surface area (Å²) in [7, 11) is 1.63. The van der Waals surface area contributed by atoms with Crippen molar-refractivity contribution in [2.24, 2.45) is 0 Å². The van der Waals surface area contributed by atoms with Crippen LogP contribution in [0.2, 0.25) is 0 Å². The van der Waals surface area contributed by atoms with Crippen molar-refractivity contribution < 1.29 is 14.3 Å². The Labute approximate surface area is 188 Å². The molecule has 0 aromatic heterocycles. The average molecular weight is 441 g/mol. The Balaban J connectivity index is 1.76. The number of carbonyl (C=O) groups is 2. The first-order valence-electron chi connectivity index (χ1n) is 10.5. The van der Waals surface area contributed by atoms with Gasteiger partial charge < -0.3 is 15.4 Å². The number of methoxy groups -OCH3 is 1. The van der Waals surface area contributed by atoms with E-state index in [1.807, 2.05) is 12.1 Å². The molecule has 0 unspecified atom stereocenters. The third-order valence-electron chi connectivity index (χ3n) is 5.23. The summed E-state index contributed by atoms with van der Waals surface area (Å²) >= 11 is 5.64. The van der Waals surface area contributed by atoms with Gasteiger partial charge in [0.15, 0.2) is 5.78 Å². The Bertz CT molecular complexity index is 981. The molecule has 0 atom stereocenters. The van der Waals surface area contributed by atoms with Crippen LogP contribution in [0.5, 0.6) is 5.75 Å². The standard InChI is InChI=1S/C25H29ClN2O3/c1-25(2)16-18-9-12-20(31-3)14-21(18)22(28-25)15-23(29)17-7-10-19(11-8-17)27-24(30)6-4-5-13-26/h7-12,14-15,28H,4-6,13,16H2,1-3H3,(H,27,30)/b22-15-. The molecule has 6 heteroatoms. The maximum Gasteiger partial charge on any atom is 0.224 e. The van der Waals surface area contributed by atoms with Gasteiger partial charge in [-0.25, -0.2) is 0 Å². The highest BCUT2D eigenvalue weighted by atomic mass is 35.5. The van der Waals surface area contributed by atoms with E-state index >= 15 is 0 Å². The normalized spacial score (nSPS) is 15.7. The number of hydrogen-bond donors (Lipinski definition) is 2. The summed E-state index contributed by atoms with van der Waals surface area (Å²) in [5.74, 6) is 1.16. The van der Waals surface area contributed by atoms with Crippen LogP contribution in [0.1, 0.15) is 54.6 Å². The lowest BCUT2D eigenvalue weighted by Crippen LogP contribution is -2.43. The number of alkyl halides is 1. The first-order valence-corrected chi connectivity index (χ1v) is 11.0. The minimum atomic E-state index is -0.161. The van der Waals surface area contributed by atoms with Crippen molar-refractivity contribution in [2.45, 2.75) is 45.1 Å². The maximum atomic E-state index is 12.9. The fourth-order valence-electron chi connectivity index (χ4n) is 3.69. The van der Waals surface area contributed by atoms with E-state index in [2.05, 4.69) is 30.5 Å². The summed E-state index contributed by atoms with van der Waals surface area (Å²) in [6, 6.07) is 12.9. The predicted octanol–water partition coefficient (Wildman–Crippen LogP) is 5.19. The van der Waals surface area contributed by atoms with Gasteiger partial charge >= 0.3 is 0 Å². The molecule has 0 spiro atoms. The molecule has 2 aromatic rings. The van der Waals surface area contributed by atoms with Gasteiger partial charge in [0.05, 0.1) is 7.11 Å². The molecule has 5 nitrogen and oxygen atoms in total. The Kier molecular flexibility index (Phi) is 7.39. The van der Waals surface area contributed by atoms with Crippen molar-refractivity contribution >= 4 is 34.7 Å². The smallest absolute Gasteiger partial charge is 0.224 e. The first kappa shape index (κ1) is 22.9. The van der Waals surface area contributed by atoms with Gasteiger partial charge in [-0.05, 0) is 75.1 Å². The molecule has 2 N–H and O–H groups in total. The van der Waals surface area contributed by atoms with Gasteiger partial charge in [-0.15, -0.1) is 11.6 Å². The molecule has 164 valence electrons. The van der Waals surface area contributed by atoms with Crippen LogP contribution in [-0.2, 0) is 11.2 Å². The molecular formula is C25H29ClN2O3. The molecule has 0 saturated heterocycles. The molecule has 0 aliphatic carbocycles. The van der Waals surface area contributed by atoms with Gasteiger partial charge in [-0.3, -0.25) is 9.59 Å². The summed E-state index contributed by atoms with van der Waals surface area (Å²) in [4.78, 5) is 24.9. The summed E-state index contributed by atoms with van der Waals surface area (Å²) in [5, 5.41) is 6.33. The Morgan fingerprint density at radius 1 is 1.16 bits per heavy atom. The lowest BCUT2D eigenvalue weighted by molar-refractivity contribution is -0.116. The lowest BCUT2D eigenvalue weighted by Gasteiger charge is -2.35. The lowest BCUT2D eigenvalue weighted by atomic mass is 9.85. The quantitative estimate of drug-likeness (QED) is 0.256. The molecule has 0 bridgehead atoms. The topological polar surface area (TPSA) is 67.4 Å². The molecule has 0 radical (unpaired) electrons. The fourth-order valence-corrected chi connectivity index (χ4v) is 3.88. The highest BCUT2D eigenvalue weighted by Crippen LogP contribution is 2.32. The van der Waals surface area contributed by atoms with Crippen LogP contribution in [0.3, 0.4) is 0 Å². The molecule has 1 amide bonds. The van der Waals surface area contributed by atoms with Crippen LogP contribution in [0.15, 0.2) is 48.5 Å². The minimum Gasteiger partial charge on any atom is -0.497 e. The molecule has 1 aliphatic rings. The van der Waals surface area contributed by atoms with Gasteiger partial charge in [0.25, 0.3) is 0 Å². The van der Waals surface area contributed by atoms with Gasteiger partial charge in [0.2, 0.25) is 5.91 Å². The summed E-state index contributed by atoms with van der Waals surface area (Å²) < 4.78 is 5.36. The third-order valence-corrected chi connectivity index (χ3v) is 5.50. The first-order chi connectivity index (χ1) is 14.8. The monoisotopic (exact) mass is 440 g/mol. The van der Waals surface area contributed by atoms with E-state index in [9.17, 15) is 9.59 Å². The number of hydrogen-bond acceptors (Lipinski definition) is 4. The second-order valence-corrected chi connectivity index (χ2v) is 8.78. The van der Waals surface area contributed by atoms with Gasteiger partial charge in [0, 0.05) is 46.4 Å². The second-order valence-electron chi connectivity index (χ2n) is 8.40. The zero-order valence-electron chi connectivity index (χ0n) is 18.3. The predicted molar refractivity (Wildman–Crippen MR) is 126 cm³/mol. The van der Waals surface area contributed by atoms with Crippen molar-refractivity contribution in [3.8, 4) is 5.75 Å². The van der Waals surface area contributed by atoms with Crippen molar-refractivity contribution in [3.63, 3.8) is 0 Å². The molecular weight excluding hydrogens is 412 g/mol. The Hall–Kier alpha value is -2.79. The number of allylic oxidation sites excluding steroid dienone is 1. The minimum absolute atomic E-state index is 0.0505. The molecule has 1 aliphatic heterocycles. The van der Waals surface area contributed by atoms with Crippen molar-refractivity contribution in [2.75, 3.05) is 18.3 Å². The number of nitrogens with one attached hydrogen (secondary N) is 2. The number of ether oxygens (including phenoxy) is 1. The average Bonchev–Trinajstić information content (AvgIpc) is 2.73. The van der Waals surface area contributed by atoms with E-state index in [1.165, 1.54) is 5.56 Å². The van der Waals surface area contributed by atoms with Gasteiger partial charge in [0.1, 0.15) is 5.75 Å². The van der Waals surface area contributed by atoms with Crippen LogP contribution in [0, 0.1) is 0 Å². The Morgan fingerprint density at radius 2 is 1.90 bits per heavy atom. The van der Waals surface area contributed by atoms with Crippen molar-refractivity contribution in [3.05, 3.63) is 65.2 Å². The molecule has 0 fully saturated rings. The molecule has 1 heterocycles.